The molecule has 2 aromatic rings. The smallest absolute Gasteiger partial charge is 0.270 e. The highest BCUT2D eigenvalue weighted by Crippen LogP contribution is 2.02. The van der Waals surface area contributed by atoms with Crippen molar-refractivity contribution in [3.05, 3.63) is 46.5 Å². The van der Waals surface area contributed by atoms with Crippen LogP contribution >= 0.6 is 12.4 Å². The van der Waals surface area contributed by atoms with Crippen molar-refractivity contribution in [2.75, 3.05) is 6.54 Å². The summed E-state index contributed by atoms with van der Waals surface area (Å²) in [5.41, 5.74) is 5.09. The predicted molar refractivity (Wildman–Crippen MR) is 79.3 cm³/mol. The lowest BCUT2D eigenvalue weighted by Crippen LogP contribution is -2.50. The molecule has 108 valence electrons. The molecule has 0 aliphatic rings. The van der Waals surface area contributed by atoms with Gasteiger partial charge in [0.05, 0.1) is 0 Å². The van der Waals surface area contributed by atoms with Gasteiger partial charge in [0.2, 0.25) is 0 Å². The standard InChI is InChI=1S/C13H16N4O2.ClH/c1-13(2,8-14)16-11(18)9-7-15-10-5-3-4-6-17(10)12(9)19;/h3-7H,8,14H2,1-2H3,(H,16,18);1H. The van der Waals surface area contributed by atoms with E-state index in [1.165, 1.54) is 10.6 Å². The molecule has 0 aromatic carbocycles. The Morgan fingerprint density at radius 2 is 2.15 bits per heavy atom. The summed E-state index contributed by atoms with van der Waals surface area (Å²) in [5.74, 6) is -0.466. The second kappa shape index (κ2) is 6.02. The lowest BCUT2D eigenvalue weighted by atomic mass is 10.1. The lowest BCUT2D eigenvalue weighted by molar-refractivity contribution is 0.0913. The van der Waals surface area contributed by atoms with Crippen LogP contribution in [0.15, 0.2) is 35.4 Å². The van der Waals surface area contributed by atoms with Gasteiger partial charge in [0.25, 0.3) is 11.5 Å². The van der Waals surface area contributed by atoms with Crippen molar-refractivity contribution in [2.24, 2.45) is 5.73 Å². The number of amides is 1. The minimum absolute atomic E-state index is 0. The lowest BCUT2D eigenvalue weighted by Gasteiger charge is -2.23. The van der Waals surface area contributed by atoms with Crippen LogP contribution in [0.2, 0.25) is 0 Å². The summed E-state index contributed by atoms with van der Waals surface area (Å²) in [6.45, 7) is 3.86. The normalized spacial score (nSPS) is 10.9. The van der Waals surface area contributed by atoms with E-state index in [0.29, 0.717) is 5.65 Å². The second-order valence-electron chi connectivity index (χ2n) is 4.95. The van der Waals surface area contributed by atoms with Gasteiger partial charge in [-0.05, 0) is 26.0 Å². The van der Waals surface area contributed by atoms with E-state index in [2.05, 4.69) is 10.3 Å². The molecule has 0 aliphatic heterocycles. The first kappa shape index (κ1) is 16.1. The number of fused-ring (bicyclic) bond motifs is 1. The van der Waals surface area contributed by atoms with Crippen LogP contribution < -0.4 is 16.6 Å². The maximum Gasteiger partial charge on any atom is 0.270 e. The van der Waals surface area contributed by atoms with Crippen molar-refractivity contribution >= 4 is 24.0 Å². The van der Waals surface area contributed by atoms with E-state index in [0.717, 1.165) is 0 Å². The maximum absolute atomic E-state index is 12.2. The van der Waals surface area contributed by atoms with E-state index in [9.17, 15) is 9.59 Å². The van der Waals surface area contributed by atoms with Gasteiger partial charge in [-0.1, -0.05) is 6.07 Å². The molecule has 2 rings (SSSR count). The summed E-state index contributed by atoms with van der Waals surface area (Å²) >= 11 is 0. The molecule has 3 N–H and O–H groups in total. The van der Waals surface area contributed by atoms with Crippen LogP contribution in [0.3, 0.4) is 0 Å². The molecule has 0 radical (unpaired) electrons. The Balaban J connectivity index is 0.00000200. The topological polar surface area (TPSA) is 89.5 Å². The minimum Gasteiger partial charge on any atom is -0.346 e. The van der Waals surface area contributed by atoms with Gasteiger partial charge >= 0.3 is 0 Å². The number of pyridine rings is 1. The fourth-order valence-corrected chi connectivity index (χ4v) is 1.61. The van der Waals surface area contributed by atoms with Crippen molar-refractivity contribution in [3.63, 3.8) is 0 Å². The first-order valence-corrected chi connectivity index (χ1v) is 5.93. The number of carbonyl (C=O) groups excluding carboxylic acids is 1. The Bertz CT molecular complexity index is 681. The summed E-state index contributed by atoms with van der Waals surface area (Å²) in [5, 5.41) is 2.71. The zero-order chi connectivity index (χ0) is 14.0. The first-order valence-electron chi connectivity index (χ1n) is 5.93. The third-order valence-electron chi connectivity index (χ3n) is 2.82. The average Bonchev–Trinajstić information content (AvgIpc) is 2.39. The van der Waals surface area contributed by atoms with Crippen LogP contribution in [-0.4, -0.2) is 27.4 Å². The van der Waals surface area contributed by atoms with E-state index >= 15 is 0 Å². The summed E-state index contributed by atoms with van der Waals surface area (Å²) in [6.07, 6.45) is 2.87. The predicted octanol–water partition coefficient (Wildman–Crippen LogP) is 0.583. The molecule has 0 fully saturated rings. The highest BCUT2D eigenvalue weighted by Gasteiger charge is 2.21. The zero-order valence-electron chi connectivity index (χ0n) is 11.3. The fraction of sp³-hybridized carbons (Fsp3) is 0.308. The molecule has 0 bridgehead atoms. The van der Waals surface area contributed by atoms with Gasteiger partial charge in [0.1, 0.15) is 11.2 Å². The second-order valence-corrected chi connectivity index (χ2v) is 4.95. The van der Waals surface area contributed by atoms with Crippen molar-refractivity contribution in [1.82, 2.24) is 14.7 Å². The van der Waals surface area contributed by atoms with Gasteiger partial charge in [0.15, 0.2) is 0 Å². The number of halogens is 1. The third-order valence-corrected chi connectivity index (χ3v) is 2.82. The summed E-state index contributed by atoms with van der Waals surface area (Å²) in [7, 11) is 0. The Morgan fingerprint density at radius 3 is 2.80 bits per heavy atom. The Labute approximate surface area is 122 Å². The van der Waals surface area contributed by atoms with Crippen LogP contribution in [-0.2, 0) is 0 Å². The van der Waals surface area contributed by atoms with E-state index < -0.39 is 17.0 Å². The fourth-order valence-electron chi connectivity index (χ4n) is 1.61. The van der Waals surface area contributed by atoms with E-state index in [-0.39, 0.29) is 24.5 Å². The summed E-state index contributed by atoms with van der Waals surface area (Å²) < 4.78 is 1.34. The van der Waals surface area contributed by atoms with Gasteiger partial charge < -0.3 is 11.1 Å². The molecule has 2 aromatic heterocycles. The summed E-state index contributed by atoms with van der Waals surface area (Å²) in [6, 6.07) is 5.19. The van der Waals surface area contributed by atoms with E-state index in [4.69, 9.17) is 5.73 Å². The molecule has 2 heterocycles. The quantitative estimate of drug-likeness (QED) is 0.867. The van der Waals surface area contributed by atoms with Crippen molar-refractivity contribution in [3.8, 4) is 0 Å². The number of nitrogens with one attached hydrogen (secondary N) is 1. The number of nitrogens with zero attached hydrogens (tertiary/aromatic N) is 2. The van der Waals surface area contributed by atoms with E-state index in [1.54, 1.807) is 38.2 Å². The van der Waals surface area contributed by atoms with Crippen LogP contribution in [0.1, 0.15) is 24.2 Å². The third kappa shape index (κ3) is 3.15. The Morgan fingerprint density at radius 1 is 1.45 bits per heavy atom. The summed E-state index contributed by atoms with van der Waals surface area (Å²) in [4.78, 5) is 28.3. The van der Waals surface area contributed by atoms with Gasteiger partial charge in [-0.25, -0.2) is 4.98 Å². The number of carbonyl (C=O) groups is 1. The molecule has 6 nitrogen and oxygen atoms in total. The molecule has 0 unspecified atom stereocenters. The number of rotatable bonds is 3. The minimum atomic E-state index is -0.570. The molecule has 0 saturated carbocycles. The van der Waals surface area contributed by atoms with Crippen molar-refractivity contribution in [2.45, 2.75) is 19.4 Å². The highest BCUT2D eigenvalue weighted by molar-refractivity contribution is 5.94. The van der Waals surface area contributed by atoms with Gasteiger partial charge in [-0.3, -0.25) is 14.0 Å². The van der Waals surface area contributed by atoms with Crippen LogP contribution in [0, 0.1) is 0 Å². The van der Waals surface area contributed by atoms with Gasteiger partial charge in [0, 0.05) is 24.5 Å². The van der Waals surface area contributed by atoms with Crippen LogP contribution in [0.4, 0.5) is 0 Å². The number of aromatic nitrogens is 2. The molecule has 0 atom stereocenters. The molecule has 20 heavy (non-hydrogen) atoms. The number of hydrogen-bond acceptors (Lipinski definition) is 4. The monoisotopic (exact) mass is 296 g/mol. The van der Waals surface area contributed by atoms with Gasteiger partial charge in [-0.15, -0.1) is 12.4 Å². The molecular weight excluding hydrogens is 280 g/mol. The molecule has 0 saturated heterocycles. The maximum atomic E-state index is 12.2. The highest BCUT2D eigenvalue weighted by atomic mass is 35.5. The molecule has 7 heteroatoms. The average molecular weight is 297 g/mol. The van der Waals surface area contributed by atoms with E-state index in [1.807, 2.05) is 0 Å². The zero-order valence-corrected chi connectivity index (χ0v) is 12.1. The van der Waals surface area contributed by atoms with Crippen molar-refractivity contribution in [1.29, 1.82) is 0 Å². The van der Waals surface area contributed by atoms with Crippen LogP contribution in [0.5, 0.6) is 0 Å². The largest absolute Gasteiger partial charge is 0.346 e. The first-order chi connectivity index (χ1) is 8.94. The molecular formula is C13H17ClN4O2. The molecule has 0 aliphatic carbocycles. The number of hydrogen-bond donors (Lipinski definition) is 2. The Hall–Kier alpha value is -1.92. The number of nitrogens with two attached hydrogens (primary N) is 1. The molecule has 1 amide bonds. The van der Waals surface area contributed by atoms with Crippen molar-refractivity contribution < 1.29 is 4.79 Å². The van der Waals surface area contributed by atoms with Crippen LogP contribution in [0.25, 0.3) is 5.65 Å². The Kier molecular flexibility index (Phi) is 4.86. The molecule has 0 spiro atoms. The van der Waals surface area contributed by atoms with Gasteiger partial charge in [-0.2, -0.15) is 0 Å². The SMILES string of the molecule is CC(C)(CN)NC(=O)c1cnc2ccccn2c1=O.Cl.